The van der Waals surface area contributed by atoms with Crippen LogP contribution in [0.4, 0.5) is 5.69 Å². The van der Waals surface area contributed by atoms with Gasteiger partial charge in [-0.15, -0.1) is 11.8 Å². The zero-order valence-corrected chi connectivity index (χ0v) is 18.2. The van der Waals surface area contributed by atoms with Gasteiger partial charge in [-0.2, -0.15) is 0 Å². The van der Waals surface area contributed by atoms with Crippen molar-refractivity contribution in [1.29, 1.82) is 0 Å². The van der Waals surface area contributed by atoms with Crippen molar-refractivity contribution in [3.8, 4) is 11.3 Å². The lowest BCUT2D eigenvalue weighted by Crippen LogP contribution is -2.13. The third-order valence-corrected chi connectivity index (χ3v) is 6.72. The molecule has 0 unspecified atom stereocenters. The molecule has 0 fully saturated rings. The predicted molar refractivity (Wildman–Crippen MR) is 114 cm³/mol. The number of nitrogens with one attached hydrogen (secondary N) is 1. The number of para-hydroxylation sites is 1. The molecule has 1 N–H and O–H groups in total. The van der Waals surface area contributed by atoms with E-state index in [0.29, 0.717) is 4.47 Å². The van der Waals surface area contributed by atoms with E-state index in [1.807, 2.05) is 48.5 Å². The maximum Gasteiger partial charge on any atom is 0.234 e. The molecule has 128 valence electrons. The highest BCUT2D eigenvalue weighted by Gasteiger charge is 2.16. The zero-order valence-electron chi connectivity index (χ0n) is 12.6. The number of hydrogen-bond acceptors (Lipinski definition) is 4. The number of halogens is 3. The molecule has 3 aromatic rings. The Kier molecular flexibility index (Phi) is 6.57. The minimum atomic E-state index is -0.0680. The van der Waals surface area contributed by atoms with E-state index in [4.69, 9.17) is 11.6 Å². The molecule has 1 heterocycles. The van der Waals surface area contributed by atoms with Gasteiger partial charge in [-0.1, -0.05) is 79.1 Å². The fourth-order valence-electron chi connectivity index (χ4n) is 2.08. The standard InChI is InChI=1S/C17H11Br2ClN2OS2/c18-10-6-7-12(13(19)8-10)15-16(25-17(20)22-15)24-9-14(23)21-11-4-2-1-3-5-11/h1-8H,9H2,(H,21,23). The number of aromatic nitrogens is 1. The quantitative estimate of drug-likeness (QED) is 0.381. The van der Waals surface area contributed by atoms with Crippen molar-refractivity contribution in [2.75, 3.05) is 11.1 Å². The Bertz CT molecular complexity index is 903. The molecule has 0 saturated heterocycles. The van der Waals surface area contributed by atoms with E-state index in [-0.39, 0.29) is 11.7 Å². The van der Waals surface area contributed by atoms with Gasteiger partial charge in [0.15, 0.2) is 4.47 Å². The maximum absolute atomic E-state index is 12.2. The van der Waals surface area contributed by atoms with E-state index in [9.17, 15) is 4.79 Å². The molecule has 0 aliphatic heterocycles. The Morgan fingerprint density at radius 1 is 1.20 bits per heavy atom. The van der Waals surface area contributed by atoms with Gasteiger partial charge in [-0.3, -0.25) is 4.79 Å². The highest BCUT2D eigenvalue weighted by atomic mass is 79.9. The molecule has 0 spiro atoms. The summed E-state index contributed by atoms with van der Waals surface area (Å²) in [6.07, 6.45) is 0. The second-order valence-corrected chi connectivity index (χ2v) is 9.53. The fourth-order valence-corrected chi connectivity index (χ4v) is 5.59. The van der Waals surface area contributed by atoms with Crippen molar-refractivity contribution in [2.24, 2.45) is 0 Å². The van der Waals surface area contributed by atoms with Gasteiger partial charge in [-0.25, -0.2) is 4.98 Å². The second-order valence-electron chi connectivity index (χ2n) is 4.93. The third-order valence-electron chi connectivity index (χ3n) is 3.15. The molecule has 2 aromatic carbocycles. The van der Waals surface area contributed by atoms with Gasteiger partial charge in [0.25, 0.3) is 0 Å². The molecule has 0 aliphatic rings. The molecule has 3 nitrogen and oxygen atoms in total. The molecule has 0 radical (unpaired) electrons. The van der Waals surface area contributed by atoms with Crippen LogP contribution in [0, 0.1) is 0 Å². The minimum Gasteiger partial charge on any atom is -0.325 e. The van der Waals surface area contributed by atoms with E-state index in [2.05, 4.69) is 42.2 Å². The number of thioether (sulfide) groups is 1. The van der Waals surface area contributed by atoms with Gasteiger partial charge in [0.2, 0.25) is 5.91 Å². The van der Waals surface area contributed by atoms with Crippen LogP contribution in [0.1, 0.15) is 0 Å². The summed E-state index contributed by atoms with van der Waals surface area (Å²) in [5.41, 5.74) is 2.51. The molecule has 3 rings (SSSR count). The van der Waals surface area contributed by atoms with Crippen LogP contribution in [0.15, 0.2) is 61.7 Å². The van der Waals surface area contributed by atoms with Crippen LogP contribution in [-0.2, 0) is 4.79 Å². The molecule has 25 heavy (non-hydrogen) atoms. The smallest absolute Gasteiger partial charge is 0.234 e. The van der Waals surface area contributed by atoms with Crippen molar-refractivity contribution in [3.63, 3.8) is 0 Å². The van der Waals surface area contributed by atoms with E-state index >= 15 is 0 Å². The first kappa shape index (κ1) is 18.9. The monoisotopic (exact) mass is 516 g/mol. The molecular weight excluding hydrogens is 508 g/mol. The van der Waals surface area contributed by atoms with Gasteiger partial charge >= 0.3 is 0 Å². The topological polar surface area (TPSA) is 42.0 Å². The average molecular weight is 519 g/mol. The number of benzene rings is 2. The van der Waals surface area contributed by atoms with Gasteiger partial charge in [-0.05, 0) is 24.3 Å². The van der Waals surface area contributed by atoms with Crippen LogP contribution < -0.4 is 5.32 Å². The largest absolute Gasteiger partial charge is 0.325 e. The second kappa shape index (κ2) is 8.68. The Labute approximate surface area is 175 Å². The lowest BCUT2D eigenvalue weighted by Gasteiger charge is -2.06. The number of anilines is 1. The van der Waals surface area contributed by atoms with Crippen molar-refractivity contribution in [2.45, 2.75) is 4.21 Å². The Morgan fingerprint density at radius 2 is 1.96 bits per heavy atom. The molecule has 0 atom stereocenters. The number of carbonyl (C=O) groups is 1. The number of thiazole rings is 1. The Hall–Kier alpha value is -0.860. The summed E-state index contributed by atoms with van der Waals surface area (Å²) >= 11 is 15.9. The lowest BCUT2D eigenvalue weighted by atomic mass is 10.2. The fraction of sp³-hybridized carbons (Fsp3) is 0.0588. The molecule has 1 amide bonds. The van der Waals surface area contributed by atoms with Crippen LogP contribution >= 0.6 is 66.6 Å². The van der Waals surface area contributed by atoms with E-state index < -0.39 is 0 Å². The van der Waals surface area contributed by atoms with Gasteiger partial charge in [0.1, 0.15) is 0 Å². The number of rotatable bonds is 5. The summed E-state index contributed by atoms with van der Waals surface area (Å²) in [4.78, 5) is 16.6. The van der Waals surface area contributed by atoms with Crippen LogP contribution in [0.25, 0.3) is 11.3 Å². The third kappa shape index (κ3) is 5.08. The normalized spacial score (nSPS) is 10.7. The number of amides is 1. The molecule has 0 saturated carbocycles. The Morgan fingerprint density at radius 3 is 2.68 bits per heavy atom. The highest BCUT2D eigenvalue weighted by Crippen LogP contribution is 2.41. The first-order chi connectivity index (χ1) is 12.0. The summed E-state index contributed by atoms with van der Waals surface area (Å²) in [5.74, 6) is 0.218. The van der Waals surface area contributed by atoms with Gasteiger partial charge < -0.3 is 5.32 Å². The van der Waals surface area contributed by atoms with Crippen LogP contribution in [0.2, 0.25) is 4.47 Å². The van der Waals surface area contributed by atoms with Gasteiger partial charge in [0.05, 0.1) is 15.7 Å². The van der Waals surface area contributed by atoms with E-state index in [1.54, 1.807) is 0 Å². The Balaban J connectivity index is 1.74. The summed E-state index contributed by atoms with van der Waals surface area (Å²) in [7, 11) is 0. The first-order valence-corrected chi connectivity index (χ1v) is 10.9. The predicted octanol–water partition coefficient (Wildman–Crippen LogP) is 6.72. The molecule has 1 aromatic heterocycles. The lowest BCUT2D eigenvalue weighted by molar-refractivity contribution is -0.113. The first-order valence-electron chi connectivity index (χ1n) is 7.12. The van der Waals surface area contributed by atoms with Crippen molar-refractivity contribution < 1.29 is 4.79 Å². The average Bonchev–Trinajstić information content (AvgIpc) is 2.94. The SMILES string of the molecule is O=C(CSc1sc(Cl)nc1-c1ccc(Br)cc1Br)Nc1ccccc1. The number of nitrogens with zero attached hydrogens (tertiary/aromatic N) is 1. The van der Waals surface area contributed by atoms with E-state index in [1.165, 1.54) is 23.1 Å². The minimum absolute atomic E-state index is 0.0680. The summed E-state index contributed by atoms with van der Waals surface area (Å²) in [6, 6.07) is 15.3. The number of hydrogen-bond donors (Lipinski definition) is 1. The highest BCUT2D eigenvalue weighted by molar-refractivity contribution is 9.11. The van der Waals surface area contributed by atoms with E-state index in [0.717, 1.165) is 30.1 Å². The zero-order chi connectivity index (χ0) is 17.8. The summed E-state index contributed by atoms with van der Waals surface area (Å²) < 4.78 is 3.26. The molecule has 0 aliphatic carbocycles. The maximum atomic E-state index is 12.2. The van der Waals surface area contributed by atoms with Crippen LogP contribution in [0.3, 0.4) is 0 Å². The molecular formula is C17H11Br2ClN2OS2. The van der Waals surface area contributed by atoms with Crippen LogP contribution in [0.5, 0.6) is 0 Å². The van der Waals surface area contributed by atoms with Crippen molar-refractivity contribution >= 4 is 78.2 Å². The van der Waals surface area contributed by atoms with Crippen molar-refractivity contribution in [3.05, 3.63) is 61.9 Å². The van der Waals surface area contributed by atoms with Crippen molar-refractivity contribution in [1.82, 2.24) is 4.98 Å². The molecule has 8 heteroatoms. The van der Waals surface area contributed by atoms with Crippen LogP contribution in [-0.4, -0.2) is 16.6 Å². The summed E-state index contributed by atoms with van der Waals surface area (Å²) in [5, 5.41) is 2.87. The summed E-state index contributed by atoms with van der Waals surface area (Å²) in [6.45, 7) is 0. The number of carbonyl (C=O) groups excluding carboxylic acids is 1. The molecule has 0 bridgehead atoms. The van der Waals surface area contributed by atoms with Gasteiger partial charge in [0, 0.05) is 20.2 Å².